The van der Waals surface area contributed by atoms with Gasteiger partial charge in [0.1, 0.15) is 0 Å². The Morgan fingerprint density at radius 3 is 2.70 bits per heavy atom. The fourth-order valence-corrected chi connectivity index (χ4v) is 0.682. The van der Waals surface area contributed by atoms with Crippen LogP contribution in [0.15, 0.2) is 11.8 Å². The van der Waals surface area contributed by atoms with Crippen molar-refractivity contribution < 1.29 is 5.21 Å². The lowest BCUT2D eigenvalue weighted by Gasteiger charge is -2.17. The van der Waals surface area contributed by atoms with E-state index in [1.54, 1.807) is 0 Å². The van der Waals surface area contributed by atoms with Gasteiger partial charge in [-0.25, -0.2) is 0 Å². The summed E-state index contributed by atoms with van der Waals surface area (Å²) >= 11 is 0. The van der Waals surface area contributed by atoms with Crippen molar-refractivity contribution in [3.63, 3.8) is 0 Å². The van der Waals surface area contributed by atoms with Gasteiger partial charge in [-0.05, 0) is 13.3 Å². The Labute approximate surface area is 62.3 Å². The van der Waals surface area contributed by atoms with Gasteiger partial charge in [0.05, 0.1) is 6.67 Å². The molecule has 0 saturated carbocycles. The number of nitrogens with zero attached hydrogens (tertiary/aromatic N) is 1. The zero-order valence-electron chi connectivity index (χ0n) is 6.89. The molecule has 0 heterocycles. The van der Waals surface area contributed by atoms with Crippen molar-refractivity contribution in [3.05, 3.63) is 11.8 Å². The number of hydrogen-bond acceptors (Lipinski definition) is 3. The van der Waals surface area contributed by atoms with Gasteiger partial charge >= 0.3 is 0 Å². The molecule has 0 saturated heterocycles. The zero-order chi connectivity index (χ0) is 7.98. The maximum absolute atomic E-state index is 8.33. The van der Waals surface area contributed by atoms with Crippen LogP contribution in [0.2, 0.25) is 0 Å². The summed E-state index contributed by atoms with van der Waals surface area (Å²) < 4.78 is 0. The fraction of sp³-hybridized carbons (Fsp3) is 0.714. The number of allylic oxidation sites excluding steroid dienone is 2. The van der Waals surface area contributed by atoms with Gasteiger partial charge in [0.25, 0.3) is 0 Å². The van der Waals surface area contributed by atoms with Gasteiger partial charge in [-0.15, -0.1) is 0 Å². The van der Waals surface area contributed by atoms with E-state index < -0.39 is 0 Å². The summed E-state index contributed by atoms with van der Waals surface area (Å²) in [7, 11) is 1.92. The zero-order valence-corrected chi connectivity index (χ0v) is 6.89. The molecular formula is C7H16N2O. The summed E-state index contributed by atoms with van der Waals surface area (Å²) in [4.78, 5) is 1.93. The Hall–Kier alpha value is -0.540. The molecule has 0 fully saturated rings. The monoisotopic (exact) mass is 144 g/mol. The lowest BCUT2D eigenvalue weighted by Crippen LogP contribution is -2.27. The highest BCUT2D eigenvalue weighted by Gasteiger charge is 1.94. The smallest absolute Gasteiger partial charge is 0.0907 e. The topological polar surface area (TPSA) is 35.5 Å². The van der Waals surface area contributed by atoms with Gasteiger partial charge in [0.2, 0.25) is 0 Å². The van der Waals surface area contributed by atoms with Gasteiger partial charge < -0.3 is 10.1 Å². The third kappa shape index (κ3) is 3.48. The van der Waals surface area contributed by atoms with Crippen LogP contribution in [0, 0.1) is 0 Å². The molecule has 3 heteroatoms. The highest BCUT2D eigenvalue weighted by molar-refractivity contribution is 4.94. The summed E-state index contributed by atoms with van der Waals surface area (Å²) in [6.45, 7) is 4.58. The molecular weight excluding hydrogens is 128 g/mol. The van der Waals surface area contributed by atoms with Crippen LogP contribution in [0.25, 0.3) is 0 Å². The summed E-state index contributed by atoms with van der Waals surface area (Å²) in [6, 6.07) is 0. The first kappa shape index (κ1) is 9.46. The first-order valence-corrected chi connectivity index (χ1v) is 3.47. The van der Waals surface area contributed by atoms with E-state index in [-0.39, 0.29) is 0 Å². The van der Waals surface area contributed by atoms with Gasteiger partial charge in [0.15, 0.2) is 0 Å². The Balaban J connectivity index is 3.69. The molecule has 3 nitrogen and oxygen atoms in total. The van der Waals surface area contributed by atoms with E-state index >= 15 is 0 Å². The van der Waals surface area contributed by atoms with E-state index in [4.69, 9.17) is 5.21 Å². The maximum atomic E-state index is 8.33. The number of nitrogens with one attached hydrogen (secondary N) is 1. The van der Waals surface area contributed by atoms with Crippen molar-refractivity contribution in [1.82, 2.24) is 10.4 Å². The Kier molecular flexibility index (Phi) is 4.98. The molecule has 10 heavy (non-hydrogen) atoms. The second-order valence-electron chi connectivity index (χ2n) is 2.27. The highest BCUT2D eigenvalue weighted by Crippen LogP contribution is 1.98. The minimum Gasteiger partial charge on any atom is -0.364 e. The first-order valence-electron chi connectivity index (χ1n) is 3.47. The predicted octanol–water partition coefficient (Wildman–Crippen LogP) is 1.17. The van der Waals surface area contributed by atoms with Crippen LogP contribution in [0.5, 0.6) is 0 Å². The van der Waals surface area contributed by atoms with Gasteiger partial charge in [-0.2, -0.15) is 5.48 Å². The molecule has 0 amide bonds. The van der Waals surface area contributed by atoms with E-state index in [2.05, 4.69) is 18.5 Å². The molecule has 0 radical (unpaired) electrons. The molecule has 0 aliphatic heterocycles. The van der Waals surface area contributed by atoms with E-state index in [0.717, 1.165) is 6.42 Å². The molecule has 0 bridgehead atoms. The highest BCUT2D eigenvalue weighted by atomic mass is 16.5. The molecule has 0 spiro atoms. The number of rotatable bonds is 4. The van der Waals surface area contributed by atoms with Crippen molar-refractivity contribution in [1.29, 1.82) is 0 Å². The van der Waals surface area contributed by atoms with Crippen molar-refractivity contribution >= 4 is 0 Å². The Morgan fingerprint density at radius 2 is 2.30 bits per heavy atom. The average molecular weight is 144 g/mol. The molecule has 0 aromatic heterocycles. The van der Waals surface area contributed by atoms with Crippen molar-refractivity contribution in [2.75, 3.05) is 13.7 Å². The SMILES string of the molecule is CC/C=C(\C)N(C)CNO. The molecule has 0 rings (SSSR count). The van der Waals surface area contributed by atoms with Gasteiger partial charge in [-0.3, -0.25) is 0 Å². The van der Waals surface area contributed by atoms with Crippen LogP contribution in [-0.4, -0.2) is 23.8 Å². The molecule has 0 unspecified atom stereocenters. The second-order valence-corrected chi connectivity index (χ2v) is 2.27. The largest absolute Gasteiger partial charge is 0.364 e. The second kappa shape index (κ2) is 5.26. The predicted molar refractivity (Wildman–Crippen MR) is 41.6 cm³/mol. The third-order valence-corrected chi connectivity index (χ3v) is 1.41. The Bertz CT molecular complexity index is 112. The Morgan fingerprint density at radius 1 is 1.70 bits per heavy atom. The molecule has 60 valence electrons. The van der Waals surface area contributed by atoms with Crippen LogP contribution in [0.1, 0.15) is 20.3 Å². The summed E-state index contributed by atoms with van der Waals surface area (Å²) in [5.41, 5.74) is 3.26. The molecule has 0 aromatic rings. The standard InChI is InChI=1S/C7H16N2O/c1-4-5-7(2)9(3)6-8-10/h5,8,10H,4,6H2,1-3H3/b7-5+. The van der Waals surface area contributed by atoms with Crippen LogP contribution < -0.4 is 5.48 Å². The summed E-state index contributed by atoms with van der Waals surface area (Å²) in [5.74, 6) is 0. The first-order chi connectivity index (χ1) is 4.72. The molecule has 0 aliphatic carbocycles. The van der Waals surface area contributed by atoms with E-state index in [0.29, 0.717) is 6.67 Å². The maximum Gasteiger partial charge on any atom is 0.0907 e. The molecule has 2 N–H and O–H groups in total. The third-order valence-electron chi connectivity index (χ3n) is 1.41. The van der Waals surface area contributed by atoms with E-state index in [1.165, 1.54) is 5.70 Å². The van der Waals surface area contributed by atoms with Gasteiger partial charge in [0, 0.05) is 12.7 Å². The quantitative estimate of drug-likeness (QED) is 0.459. The van der Waals surface area contributed by atoms with Crippen molar-refractivity contribution in [2.24, 2.45) is 0 Å². The van der Waals surface area contributed by atoms with E-state index in [1.807, 2.05) is 18.9 Å². The minimum absolute atomic E-state index is 0.475. The van der Waals surface area contributed by atoms with Crippen LogP contribution >= 0.6 is 0 Å². The van der Waals surface area contributed by atoms with Crippen molar-refractivity contribution in [2.45, 2.75) is 20.3 Å². The summed E-state index contributed by atoms with van der Waals surface area (Å²) in [5, 5.41) is 8.33. The number of hydroxylamine groups is 1. The lowest BCUT2D eigenvalue weighted by molar-refractivity contribution is 0.124. The van der Waals surface area contributed by atoms with Crippen molar-refractivity contribution in [3.8, 4) is 0 Å². The van der Waals surface area contributed by atoms with E-state index in [9.17, 15) is 0 Å². The minimum atomic E-state index is 0.475. The van der Waals surface area contributed by atoms with Gasteiger partial charge in [-0.1, -0.05) is 13.0 Å². The van der Waals surface area contributed by atoms with Crippen LogP contribution in [0.4, 0.5) is 0 Å². The van der Waals surface area contributed by atoms with Crippen LogP contribution in [0.3, 0.4) is 0 Å². The lowest BCUT2D eigenvalue weighted by atomic mass is 10.3. The number of hydrogen-bond donors (Lipinski definition) is 2. The molecule has 0 aromatic carbocycles. The fourth-order valence-electron chi connectivity index (χ4n) is 0.682. The summed E-state index contributed by atoms with van der Waals surface area (Å²) in [6.07, 6.45) is 3.14. The molecule has 0 atom stereocenters. The average Bonchev–Trinajstić information content (AvgIpc) is 1.89. The normalized spacial score (nSPS) is 11.8. The molecule has 0 aliphatic rings. The van der Waals surface area contributed by atoms with Crippen LogP contribution in [-0.2, 0) is 0 Å².